The molecule has 3 aromatic rings. The number of hydrogen-bond donors (Lipinski definition) is 1. The number of aryl methyl sites for hydroxylation is 3. The molecule has 0 bridgehead atoms. The van der Waals surface area contributed by atoms with Crippen molar-refractivity contribution < 1.29 is 9.59 Å². The quantitative estimate of drug-likeness (QED) is 0.468. The molecule has 156 valence electrons. The van der Waals surface area contributed by atoms with Crippen LogP contribution in [0.3, 0.4) is 0 Å². The summed E-state index contributed by atoms with van der Waals surface area (Å²) >= 11 is 7.54. The molecule has 4 rings (SSSR count). The molecule has 31 heavy (non-hydrogen) atoms. The van der Waals surface area contributed by atoms with E-state index in [4.69, 9.17) is 11.6 Å². The Morgan fingerprint density at radius 2 is 1.58 bits per heavy atom. The van der Waals surface area contributed by atoms with Gasteiger partial charge in [0.05, 0.1) is 5.69 Å². The second-order valence-electron chi connectivity index (χ2n) is 7.44. The molecule has 0 atom stereocenters. The Morgan fingerprint density at radius 3 is 2.26 bits per heavy atom. The maximum absolute atomic E-state index is 13.4. The molecule has 2 amide bonds. The zero-order valence-corrected chi connectivity index (χ0v) is 19.0. The zero-order valence-electron chi connectivity index (χ0n) is 17.4. The van der Waals surface area contributed by atoms with Crippen molar-refractivity contribution in [1.29, 1.82) is 0 Å². The van der Waals surface area contributed by atoms with E-state index in [1.165, 1.54) is 16.7 Å². The molecule has 0 aliphatic carbocycles. The molecule has 0 unspecified atom stereocenters. The summed E-state index contributed by atoms with van der Waals surface area (Å²) in [6.07, 6.45) is 0. The fourth-order valence-electron chi connectivity index (χ4n) is 3.41. The van der Waals surface area contributed by atoms with Gasteiger partial charge in [-0.1, -0.05) is 65.3 Å². The van der Waals surface area contributed by atoms with E-state index in [-0.39, 0.29) is 17.5 Å². The predicted molar refractivity (Wildman–Crippen MR) is 128 cm³/mol. The lowest BCUT2D eigenvalue weighted by Crippen LogP contribution is -2.33. The van der Waals surface area contributed by atoms with Gasteiger partial charge in [0.2, 0.25) is 0 Å². The monoisotopic (exact) mass is 448 g/mol. The van der Waals surface area contributed by atoms with Crippen molar-refractivity contribution in [3.63, 3.8) is 0 Å². The fraction of sp³-hybridized carbons (Fsp3) is 0.120. The highest BCUT2D eigenvalue weighted by molar-refractivity contribution is 8.04. The molecule has 1 heterocycles. The Kier molecular flexibility index (Phi) is 5.90. The smallest absolute Gasteiger partial charge is 0.283 e. The van der Waals surface area contributed by atoms with Crippen LogP contribution in [-0.2, 0) is 9.59 Å². The number of carbonyl (C=O) groups excluding carboxylic acids is 2. The van der Waals surface area contributed by atoms with Crippen molar-refractivity contribution >= 4 is 46.6 Å². The van der Waals surface area contributed by atoms with E-state index in [1.807, 2.05) is 81.4 Å². The summed E-state index contributed by atoms with van der Waals surface area (Å²) < 4.78 is 0. The van der Waals surface area contributed by atoms with Gasteiger partial charge in [-0.3, -0.25) is 9.59 Å². The van der Waals surface area contributed by atoms with Crippen LogP contribution >= 0.6 is 23.4 Å². The van der Waals surface area contributed by atoms with Crippen LogP contribution in [0.4, 0.5) is 11.4 Å². The van der Waals surface area contributed by atoms with Gasteiger partial charge in [0, 0.05) is 15.6 Å². The molecule has 0 saturated heterocycles. The van der Waals surface area contributed by atoms with E-state index in [9.17, 15) is 9.59 Å². The van der Waals surface area contributed by atoms with Crippen LogP contribution in [0.5, 0.6) is 0 Å². The first kappa shape index (κ1) is 21.2. The summed E-state index contributed by atoms with van der Waals surface area (Å²) in [6.45, 7) is 5.79. The van der Waals surface area contributed by atoms with Gasteiger partial charge >= 0.3 is 0 Å². The Morgan fingerprint density at radius 1 is 0.839 bits per heavy atom. The van der Waals surface area contributed by atoms with Crippen LogP contribution in [0, 0.1) is 20.8 Å². The van der Waals surface area contributed by atoms with Crippen LogP contribution in [-0.4, -0.2) is 11.8 Å². The maximum atomic E-state index is 13.4. The minimum absolute atomic E-state index is 0.249. The van der Waals surface area contributed by atoms with E-state index >= 15 is 0 Å². The van der Waals surface area contributed by atoms with Gasteiger partial charge in [-0.25, -0.2) is 4.90 Å². The summed E-state index contributed by atoms with van der Waals surface area (Å²) in [6, 6.07) is 20.7. The summed E-state index contributed by atoms with van der Waals surface area (Å²) in [5, 5.41) is 3.74. The second kappa shape index (κ2) is 8.61. The van der Waals surface area contributed by atoms with Crippen molar-refractivity contribution in [1.82, 2.24) is 0 Å². The highest BCUT2D eigenvalue weighted by Gasteiger charge is 2.40. The number of rotatable bonds is 5. The first-order valence-corrected chi connectivity index (χ1v) is 11.0. The Labute approximate surface area is 190 Å². The lowest BCUT2D eigenvalue weighted by Gasteiger charge is -2.18. The second-order valence-corrected chi connectivity index (χ2v) is 8.93. The van der Waals surface area contributed by atoms with E-state index in [0.29, 0.717) is 21.3 Å². The van der Waals surface area contributed by atoms with Crippen molar-refractivity contribution in [2.75, 3.05) is 10.2 Å². The van der Waals surface area contributed by atoms with Crippen molar-refractivity contribution in [3.05, 3.63) is 99.0 Å². The Bertz CT molecular complexity index is 1220. The van der Waals surface area contributed by atoms with Crippen molar-refractivity contribution in [2.45, 2.75) is 25.7 Å². The third-order valence-electron chi connectivity index (χ3n) is 5.04. The SMILES string of the molecule is Cc1ccc(N2C(=O)C(Nc3ccc(C)c(Cl)c3)=C(Sc3ccccc3)C2=O)c(C)c1. The minimum Gasteiger partial charge on any atom is -0.350 e. The molecule has 1 N–H and O–H groups in total. The predicted octanol–water partition coefficient (Wildman–Crippen LogP) is 6.25. The molecule has 6 heteroatoms. The topological polar surface area (TPSA) is 49.4 Å². The number of carbonyl (C=O) groups is 2. The number of anilines is 2. The van der Waals surface area contributed by atoms with Gasteiger partial charge in [0.1, 0.15) is 10.6 Å². The number of amides is 2. The normalized spacial score (nSPS) is 13.9. The number of benzene rings is 3. The molecule has 0 spiro atoms. The number of halogens is 1. The molecule has 3 aromatic carbocycles. The maximum Gasteiger partial charge on any atom is 0.283 e. The van der Waals surface area contributed by atoms with E-state index < -0.39 is 0 Å². The first-order valence-electron chi connectivity index (χ1n) is 9.81. The summed E-state index contributed by atoms with van der Waals surface area (Å²) in [4.78, 5) is 29.4. The molecule has 4 nitrogen and oxygen atoms in total. The third-order valence-corrected chi connectivity index (χ3v) is 6.54. The first-order chi connectivity index (χ1) is 14.8. The van der Waals surface area contributed by atoms with Gasteiger partial charge in [-0.15, -0.1) is 0 Å². The van der Waals surface area contributed by atoms with E-state index in [2.05, 4.69) is 5.32 Å². The largest absolute Gasteiger partial charge is 0.350 e. The van der Waals surface area contributed by atoms with Gasteiger partial charge < -0.3 is 5.32 Å². The minimum atomic E-state index is -0.382. The molecule has 1 aliphatic rings. The summed E-state index contributed by atoms with van der Waals surface area (Å²) in [7, 11) is 0. The summed E-state index contributed by atoms with van der Waals surface area (Å²) in [5.74, 6) is -0.724. The Hall–Kier alpha value is -3.02. The Balaban J connectivity index is 1.77. The average Bonchev–Trinajstić information content (AvgIpc) is 2.96. The molecular formula is C25H21ClN2O2S. The molecule has 0 radical (unpaired) electrons. The number of nitrogens with one attached hydrogen (secondary N) is 1. The number of thioether (sulfide) groups is 1. The van der Waals surface area contributed by atoms with Gasteiger partial charge in [-0.05, 0) is 62.2 Å². The van der Waals surface area contributed by atoms with E-state index in [1.54, 1.807) is 6.07 Å². The number of nitrogens with zero attached hydrogens (tertiary/aromatic N) is 1. The molecular weight excluding hydrogens is 428 g/mol. The van der Waals surface area contributed by atoms with Gasteiger partial charge in [0.15, 0.2) is 0 Å². The number of imide groups is 1. The van der Waals surface area contributed by atoms with Crippen LogP contribution < -0.4 is 10.2 Å². The van der Waals surface area contributed by atoms with Crippen molar-refractivity contribution in [3.8, 4) is 0 Å². The van der Waals surface area contributed by atoms with Crippen LogP contribution in [0.1, 0.15) is 16.7 Å². The van der Waals surface area contributed by atoms with Crippen molar-refractivity contribution in [2.24, 2.45) is 0 Å². The van der Waals surface area contributed by atoms with Gasteiger partial charge in [0.25, 0.3) is 11.8 Å². The summed E-state index contributed by atoms with van der Waals surface area (Å²) in [5.41, 5.74) is 4.36. The zero-order chi connectivity index (χ0) is 22.1. The fourth-order valence-corrected chi connectivity index (χ4v) is 4.54. The van der Waals surface area contributed by atoms with Gasteiger partial charge in [-0.2, -0.15) is 0 Å². The van der Waals surface area contributed by atoms with Crippen LogP contribution in [0.25, 0.3) is 0 Å². The molecule has 0 saturated carbocycles. The highest BCUT2D eigenvalue weighted by Crippen LogP contribution is 2.39. The molecule has 1 aliphatic heterocycles. The van der Waals surface area contributed by atoms with E-state index in [0.717, 1.165) is 21.6 Å². The average molecular weight is 449 g/mol. The standard InChI is InChI=1S/C25H21ClN2O2S/c1-15-9-12-21(17(3)13-15)28-24(29)22(27-18-11-10-16(2)20(26)14-18)23(25(28)30)31-19-7-5-4-6-8-19/h4-14,27H,1-3H3. The van der Waals surface area contributed by atoms with Crippen LogP contribution in [0.15, 0.2) is 82.2 Å². The van der Waals surface area contributed by atoms with Crippen LogP contribution in [0.2, 0.25) is 5.02 Å². The lowest BCUT2D eigenvalue weighted by molar-refractivity contribution is -0.120. The third kappa shape index (κ3) is 4.24. The lowest BCUT2D eigenvalue weighted by atomic mass is 10.1. The molecule has 0 aromatic heterocycles. The molecule has 0 fully saturated rings. The highest BCUT2D eigenvalue weighted by atomic mass is 35.5. The number of hydrogen-bond acceptors (Lipinski definition) is 4.